The fourth-order valence-corrected chi connectivity index (χ4v) is 2.55. The van der Waals surface area contributed by atoms with E-state index in [9.17, 15) is 4.79 Å². The molecule has 2 aromatic carbocycles. The van der Waals surface area contributed by atoms with Gasteiger partial charge in [0.2, 0.25) is 5.91 Å². The van der Waals surface area contributed by atoms with Crippen molar-refractivity contribution in [1.82, 2.24) is 4.90 Å². The highest BCUT2D eigenvalue weighted by atomic mass is 35.5. The van der Waals surface area contributed by atoms with Gasteiger partial charge in [-0.2, -0.15) is 0 Å². The van der Waals surface area contributed by atoms with Crippen LogP contribution in [0.3, 0.4) is 0 Å². The van der Waals surface area contributed by atoms with Crippen LogP contribution in [0.4, 0.5) is 5.69 Å². The highest BCUT2D eigenvalue weighted by Gasteiger charge is 2.20. The molecule has 0 aliphatic carbocycles. The smallest absolute Gasteiger partial charge is 0.241 e. The van der Waals surface area contributed by atoms with Crippen LogP contribution in [0.25, 0.3) is 0 Å². The number of halogens is 2. The topological polar surface area (TPSA) is 32.3 Å². The summed E-state index contributed by atoms with van der Waals surface area (Å²) >= 11 is 12.1. The summed E-state index contributed by atoms with van der Waals surface area (Å²) in [7, 11) is 1.91. The van der Waals surface area contributed by atoms with E-state index in [1.807, 2.05) is 49.2 Å². The minimum Gasteiger partial charge on any atom is -0.322 e. The molecule has 2 aromatic rings. The number of carbonyl (C=O) groups is 1. The second-order valence-corrected chi connectivity index (χ2v) is 5.98. The van der Waals surface area contributed by atoms with Gasteiger partial charge in [0.15, 0.2) is 0 Å². The highest BCUT2D eigenvalue weighted by molar-refractivity contribution is 6.39. The Bertz CT molecular complexity index is 626. The quantitative estimate of drug-likeness (QED) is 0.874. The fourth-order valence-electron chi connectivity index (χ4n) is 2.05. The fraction of sp³-hybridized carbons (Fsp3) is 0.235. The molecule has 0 unspecified atom stereocenters. The van der Waals surface area contributed by atoms with E-state index in [2.05, 4.69) is 5.32 Å². The zero-order chi connectivity index (χ0) is 16.1. The van der Waals surface area contributed by atoms with Crippen molar-refractivity contribution < 1.29 is 4.79 Å². The van der Waals surface area contributed by atoms with Crippen molar-refractivity contribution in [2.75, 3.05) is 12.4 Å². The van der Waals surface area contributed by atoms with Crippen molar-refractivity contribution in [1.29, 1.82) is 0 Å². The van der Waals surface area contributed by atoms with Gasteiger partial charge in [-0.15, -0.1) is 0 Å². The first-order valence-electron chi connectivity index (χ1n) is 6.98. The normalized spacial score (nSPS) is 12.2. The standard InChI is InChI=1S/C17H18Cl2N2O/c1-12(21(2)11-13-7-4-3-5-8-13)17(22)20-16-14(18)9-6-10-15(16)19/h3-10,12H,11H2,1-2H3,(H,20,22)/t12-/m0/s1. The third kappa shape index (κ3) is 4.23. The van der Waals surface area contributed by atoms with Crippen LogP contribution in [-0.2, 0) is 11.3 Å². The highest BCUT2D eigenvalue weighted by Crippen LogP contribution is 2.30. The number of carbonyl (C=O) groups excluding carboxylic acids is 1. The number of para-hydroxylation sites is 1. The average molecular weight is 337 g/mol. The van der Waals surface area contributed by atoms with E-state index in [0.29, 0.717) is 22.3 Å². The van der Waals surface area contributed by atoms with E-state index in [1.165, 1.54) is 0 Å². The molecule has 0 aliphatic heterocycles. The monoisotopic (exact) mass is 336 g/mol. The van der Waals surface area contributed by atoms with E-state index >= 15 is 0 Å². The van der Waals surface area contributed by atoms with Crippen molar-refractivity contribution >= 4 is 34.8 Å². The van der Waals surface area contributed by atoms with Crippen molar-refractivity contribution in [2.24, 2.45) is 0 Å². The molecule has 0 saturated carbocycles. The molecule has 1 N–H and O–H groups in total. The minimum atomic E-state index is -0.312. The molecule has 0 bridgehead atoms. The Morgan fingerprint density at radius 2 is 1.68 bits per heavy atom. The van der Waals surface area contributed by atoms with Crippen molar-refractivity contribution in [2.45, 2.75) is 19.5 Å². The first kappa shape index (κ1) is 16.8. The molecule has 22 heavy (non-hydrogen) atoms. The number of benzene rings is 2. The van der Waals surface area contributed by atoms with Gasteiger partial charge in [-0.3, -0.25) is 9.69 Å². The zero-order valence-electron chi connectivity index (χ0n) is 12.5. The lowest BCUT2D eigenvalue weighted by atomic mass is 10.2. The summed E-state index contributed by atoms with van der Waals surface area (Å²) < 4.78 is 0. The van der Waals surface area contributed by atoms with E-state index in [4.69, 9.17) is 23.2 Å². The van der Waals surface area contributed by atoms with Gasteiger partial charge < -0.3 is 5.32 Å². The lowest BCUT2D eigenvalue weighted by Crippen LogP contribution is -2.39. The number of rotatable bonds is 5. The largest absolute Gasteiger partial charge is 0.322 e. The molecule has 116 valence electrons. The van der Waals surface area contributed by atoms with Crippen LogP contribution in [-0.4, -0.2) is 23.9 Å². The first-order chi connectivity index (χ1) is 10.5. The second kappa shape index (κ2) is 7.63. The molecule has 0 fully saturated rings. The van der Waals surface area contributed by atoms with Gasteiger partial charge in [0.05, 0.1) is 21.8 Å². The summed E-state index contributed by atoms with van der Waals surface area (Å²) in [5.41, 5.74) is 1.61. The van der Waals surface area contributed by atoms with Crippen LogP contribution in [0, 0.1) is 0 Å². The summed E-state index contributed by atoms with van der Waals surface area (Å²) in [6, 6.07) is 14.8. The first-order valence-corrected chi connectivity index (χ1v) is 7.73. The lowest BCUT2D eigenvalue weighted by molar-refractivity contribution is -0.120. The Hall–Kier alpha value is -1.55. The van der Waals surface area contributed by atoms with Gasteiger partial charge in [0.1, 0.15) is 0 Å². The Morgan fingerprint density at radius 3 is 2.27 bits per heavy atom. The molecule has 0 heterocycles. The van der Waals surface area contributed by atoms with Gasteiger partial charge in [-0.05, 0) is 31.7 Å². The average Bonchev–Trinajstić information content (AvgIpc) is 2.51. The second-order valence-electron chi connectivity index (χ2n) is 5.16. The van der Waals surface area contributed by atoms with Crippen LogP contribution in [0.2, 0.25) is 10.0 Å². The third-order valence-electron chi connectivity index (χ3n) is 3.53. The number of nitrogens with one attached hydrogen (secondary N) is 1. The van der Waals surface area contributed by atoms with Gasteiger partial charge >= 0.3 is 0 Å². The summed E-state index contributed by atoms with van der Waals surface area (Å²) in [6.45, 7) is 2.54. The maximum atomic E-state index is 12.4. The van der Waals surface area contributed by atoms with Gasteiger partial charge in [0.25, 0.3) is 0 Å². The van der Waals surface area contributed by atoms with Crippen molar-refractivity contribution in [3.05, 3.63) is 64.1 Å². The van der Waals surface area contributed by atoms with Crippen LogP contribution in [0.5, 0.6) is 0 Å². The maximum Gasteiger partial charge on any atom is 0.241 e. The Kier molecular flexibility index (Phi) is 5.83. The van der Waals surface area contributed by atoms with Crippen LogP contribution >= 0.6 is 23.2 Å². The van der Waals surface area contributed by atoms with Crippen LogP contribution in [0.1, 0.15) is 12.5 Å². The maximum absolute atomic E-state index is 12.4. The predicted octanol–water partition coefficient (Wildman–Crippen LogP) is 4.45. The van der Waals surface area contributed by atoms with E-state index in [1.54, 1.807) is 18.2 Å². The van der Waals surface area contributed by atoms with Crippen molar-refractivity contribution in [3.8, 4) is 0 Å². The summed E-state index contributed by atoms with van der Waals surface area (Å²) in [6.07, 6.45) is 0. The molecular weight excluding hydrogens is 319 g/mol. The van der Waals surface area contributed by atoms with Gasteiger partial charge in [0, 0.05) is 6.54 Å². The SMILES string of the molecule is C[C@@H](C(=O)Nc1c(Cl)cccc1Cl)N(C)Cc1ccccc1. The number of anilines is 1. The lowest BCUT2D eigenvalue weighted by Gasteiger charge is -2.24. The molecule has 1 atom stereocenters. The Balaban J connectivity index is 2.03. The summed E-state index contributed by atoms with van der Waals surface area (Å²) in [5, 5.41) is 3.66. The molecule has 5 heteroatoms. The number of hydrogen-bond acceptors (Lipinski definition) is 2. The number of nitrogens with zero attached hydrogens (tertiary/aromatic N) is 1. The third-order valence-corrected chi connectivity index (χ3v) is 4.16. The van der Waals surface area contributed by atoms with Gasteiger partial charge in [-0.25, -0.2) is 0 Å². The summed E-state index contributed by atoms with van der Waals surface area (Å²) in [5.74, 6) is -0.145. The van der Waals surface area contributed by atoms with E-state index in [0.717, 1.165) is 5.56 Å². The molecule has 0 radical (unpaired) electrons. The van der Waals surface area contributed by atoms with Crippen LogP contribution in [0.15, 0.2) is 48.5 Å². The minimum absolute atomic E-state index is 0.145. The molecule has 0 aliphatic rings. The molecular formula is C17H18Cl2N2O. The van der Waals surface area contributed by atoms with Crippen molar-refractivity contribution in [3.63, 3.8) is 0 Å². The molecule has 0 saturated heterocycles. The molecule has 3 nitrogen and oxygen atoms in total. The zero-order valence-corrected chi connectivity index (χ0v) is 14.0. The van der Waals surface area contributed by atoms with Gasteiger partial charge in [-0.1, -0.05) is 59.6 Å². The van der Waals surface area contributed by atoms with E-state index < -0.39 is 0 Å². The number of likely N-dealkylation sites (N-methyl/N-ethyl adjacent to an activating group) is 1. The van der Waals surface area contributed by atoms with E-state index in [-0.39, 0.29) is 11.9 Å². The number of hydrogen-bond donors (Lipinski definition) is 1. The molecule has 0 spiro atoms. The predicted molar refractivity (Wildman–Crippen MR) is 92.5 cm³/mol. The number of amides is 1. The Morgan fingerprint density at radius 1 is 1.09 bits per heavy atom. The van der Waals surface area contributed by atoms with Crippen LogP contribution < -0.4 is 5.32 Å². The molecule has 1 amide bonds. The summed E-state index contributed by atoms with van der Waals surface area (Å²) in [4.78, 5) is 14.3. The molecule has 0 aromatic heterocycles. The molecule has 2 rings (SSSR count). The Labute approximate surface area is 140 Å².